The molecule has 0 amide bonds. The molecule has 2 aromatic carbocycles. The molecule has 0 unspecified atom stereocenters. The van der Waals surface area contributed by atoms with Gasteiger partial charge >= 0.3 is 152 Å². The number of rotatable bonds is 7. The number of phosphoric ester groups is 1. The molecule has 0 aliphatic heterocycles. The second kappa shape index (κ2) is 8.13. The van der Waals surface area contributed by atoms with Gasteiger partial charge in [0.1, 0.15) is 0 Å². The normalized spacial score (nSPS) is 11.8. The van der Waals surface area contributed by atoms with E-state index < -0.39 is 28.5 Å². The van der Waals surface area contributed by atoms with E-state index in [2.05, 4.69) is 0 Å². The van der Waals surface area contributed by atoms with Crippen molar-refractivity contribution in [2.75, 3.05) is 0 Å². The molecule has 0 spiro atoms. The molecule has 1 aromatic heterocycles. The third-order valence-corrected chi connectivity index (χ3v) is 9.32. The van der Waals surface area contributed by atoms with Gasteiger partial charge in [-0.2, -0.15) is 0 Å². The summed E-state index contributed by atoms with van der Waals surface area (Å²) in [4.78, 5) is 0. The van der Waals surface area contributed by atoms with Gasteiger partial charge in [0.2, 0.25) is 0 Å². The first-order valence-electron chi connectivity index (χ1n) is 6.85. The van der Waals surface area contributed by atoms with E-state index in [1.54, 1.807) is 60.0 Å². The maximum atomic E-state index is 13.1. The molecule has 5 nitrogen and oxygen atoms in total. The summed E-state index contributed by atoms with van der Waals surface area (Å²) in [5.74, 6) is 0.678. The summed E-state index contributed by atoms with van der Waals surface area (Å²) < 4.78 is 40.4. The van der Waals surface area contributed by atoms with E-state index in [0.29, 0.717) is 15.1 Å². The summed E-state index contributed by atoms with van der Waals surface area (Å²) in [6.45, 7) is 0. The van der Waals surface area contributed by atoms with E-state index in [4.69, 9.17) is 11.9 Å². The zero-order valence-corrected chi connectivity index (χ0v) is 16.2. The number of para-hydroxylation sites is 2. The topological polar surface area (TPSA) is 65.0 Å². The number of thiophene rings is 1. The minimum atomic E-state index is -4.04. The van der Waals surface area contributed by atoms with Crippen LogP contribution in [0.25, 0.3) is 0 Å². The zero-order chi connectivity index (χ0) is 16.8. The molecule has 3 rings (SSSR count). The number of halogens is 1. The molecule has 0 saturated heterocycles. The van der Waals surface area contributed by atoms with E-state index in [1.807, 2.05) is 17.5 Å². The average Bonchev–Trinajstić information content (AvgIpc) is 3.11. The van der Waals surface area contributed by atoms with Gasteiger partial charge in [0.25, 0.3) is 0 Å². The molecule has 3 aromatic rings. The van der Waals surface area contributed by atoms with Gasteiger partial charge in [0.15, 0.2) is 0 Å². The first-order valence-corrected chi connectivity index (χ1v) is 12.2. The van der Waals surface area contributed by atoms with E-state index in [1.165, 1.54) is 11.3 Å². The molecule has 0 fully saturated rings. The van der Waals surface area contributed by atoms with Gasteiger partial charge < -0.3 is 0 Å². The van der Waals surface area contributed by atoms with Gasteiger partial charge in [0, 0.05) is 0 Å². The van der Waals surface area contributed by atoms with Crippen LogP contribution in [0.3, 0.4) is 0 Å². The Morgan fingerprint density at radius 1 is 0.875 bits per heavy atom. The number of hydrogen-bond acceptors (Lipinski definition) is 6. The molecule has 24 heavy (non-hydrogen) atoms. The molecule has 1 N–H and O–H groups in total. The van der Waals surface area contributed by atoms with Crippen LogP contribution in [0.1, 0.15) is 0 Å². The Balaban J connectivity index is 1.83. The minimum absolute atomic E-state index is 0.339. The molecule has 0 atom stereocenters. The van der Waals surface area contributed by atoms with Crippen LogP contribution in [0.15, 0.2) is 77.5 Å². The first kappa shape index (κ1) is 17.4. The van der Waals surface area contributed by atoms with Crippen molar-refractivity contribution in [3.05, 3.63) is 81.1 Å². The molecule has 0 bridgehead atoms. The molecule has 126 valence electrons. The van der Waals surface area contributed by atoms with Gasteiger partial charge in [0.05, 0.1) is 0 Å². The molecular weight excluding hydrogens is 462 g/mol. The van der Waals surface area contributed by atoms with Crippen molar-refractivity contribution in [2.24, 2.45) is 0 Å². The monoisotopic (exact) mass is 476 g/mol. The van der Waals surface area contributed by atoms with Crippen LogP contribution in [0.4, 0.5) is 0 Å². The van der Waals surface area contributed by atoms with Crippen molar-refractivity contribution in [3.8, 4) is 11.5 Å². The van der Waals surface area contributed by atoms with Crippen LogP contribution in [0.2, 0.25) is 0 Å². The molecule has 0 aliphatic carbocycles. The number of benzene rings is 2. The quantitative estimate of drug-likeness (QED) is 0.359. The second-order valence-electron chi connectivity index (χ2n) is 4.50. The molecule has 0 radical (unpaired) electrons. The predicted molar refractivity (Wildman–Crippen MR) is 102 cm³/mol. The van der Waals surface area contributed by atoms with E-state index >= 15 is 0 Å². The summed E-state index contributed by atoms with van der Waals surface area (Å²) in [6, 6.07) is 18.9. The Labute approximate surface area is 151 Å². The van der Waals surface area contributed by atoms with Gasteiger partial charge in [-0.25, -0.2) is 0 Å². The predicted octanol–water partition coefficient (Wildman–Crippen LogP) is 5.53. The third-order valence-electron chi connectivity index (χ3n) is 2.74. The van der Waals surface area contributed by atoms with E-state index in [0.717, 1.165) is 0 Å². The molecule has 1 heterocycles. The first-order chi connectivity index (χ1) is 11.6. The average molecular weight is 476 g/mol. The molecule has 0 aliphatic rings. The van der Waals surface area contributed by atoms with Crippen molar-refractivity contribution >= 4 is 39.8 Å². The molecule has 8 heteroatoms. The van der Waals surface area contributed by atoms with Crippen LogP contribution >= 0.6 is 39.8 Å². The standard InChI is InChI=1S/C16H14IO5PS/c18-17(14-11-12-24-13-14)22-23(19,20-15-7-3-1-4-8-15)21-16-9-5-2-6-10-16/h1-13,18H. The van der Waals surface area contributed by atoms with E-state index in [9.17, 15) is 8.00 Å². The fraction of sp³-hybridized carbons (Fsp3) is 0. The summed E-state index contributed by atoms with van der Waals surface area (Å²) >= 11 is -1.68. The summed E-state index contributed by atoms with van der Waals surface area (Å²) in [5, 5.41) is 3.58. The van der Waals surface area contributed by atoms with Crippen molar-refractivity contribution in [1.82, 2.24) is 0 Å². The van der Waals surface area contributed by atoms with Crippen molar-refractivity contribution in [3.63, 3.8) is 0 Å². The van der Waals surface area contributed by atoms with Gasteiger partial charge in [-0.15, -0.1) is 0 Å². The van der Waals surface area contributed by atoms with E-state index in [-0.39, 0.29) is 0 Å². The fourth-order valence-electron chi connectivity index (χ4n) is 1.73. The Hall–Kier alpha value is -1.38. The van der Waals surface area contributed by atoms with Crippen LogP contribution in [0.5, 0.6) is 11.5 Å². The molecular formula is C16H14IO5PS. The SMILES string of the molecule is O=P(Oc1ccccc1)(Oc1ccccc1)OI(O)c1ccsc1. The van der Waals surface area contributed by atoms with Crippen LogP contribution < -0.4 is 9.05 Å². The number of phosphoric acid groups is 1. The zero-order valence-electron chi connectivity index (χ0n) is 12.3. The van der Waals surface area contributed by atoms with Crippen LogP contribution in [-0.2, 0) is 7.42 Å². The maximum absolute atomic E-state index is 13.1. The fourth-order valence-corrected chi connectivity index (χ4v) is 7.77. The number of hydrogen-bond donors (Lipinski definition) is 1. The van der Waals surface area contributed by atoms with Crippen LogP contribution in [-0.4, -0.2) is 3.44 Å². The summed E-state index contributed by atoms with van der Waals surface area (Å²) in [6.07, 6.45) is 0. The second-order valence-corrected chi connectivity index (χ2v) is 10.4. The van der Waals surface area contributed by atoms with Crippen molar-refractivity contribution < 1.29 is 19.9 Å². The Kier molecular flexibility index (Phi) is 5.91. The summed E-state index contributed by atoms with van der Waals surface area (Å²) in [5.41, 5.74) is 0. The summed E-state index contributed by atoms with van der Waals surface area (Å²) in [7, 11) is -4.04. The van der Waals surface area contributed by atoms with Gasteiger partial charge in [-0.1, -0.05) is 0 Å². The van der Waals surface area contributed by atoms with Crippen molar-refractivity contribution in [2.45, 2.75) is 0 Å². The Morgan fingerprint density at radius 2 is 1.42 bits per heavy atom. The van der Waals surface area contributed by atoms with Gasteiger partial charge in [-0.05, 0) is 0 Å². The Morgan fingerprint density at radius 3 is 1.88 bits per heavy atom. The van der Waals surface area contributed by atoms with Crippen LogP contribution in [0, 0.1) is 3.57 Å². The van der Waals surface area contributed by atoms with Gasteiger partial charge in [-0.3, -0.25) is 0 Å². The molecule has 0 saturated carbocycles. The van der Waals surface area contributed by atoms with Crippen molar-refractivity contribution in [1.29, 1.82) is 0 Å². The Bertz CT molecular complexity index is 752. The third kappa shape index (κ3) is 4.81.